The fourth-order valence-electron chi connectivity index (χ4n) is 4.37. The van der Waals surface area contributed by atoms with Crippen LogP contribution in [-0.4, -0.2) is 26.0 Å². The van der Waals surface area contributed by atoms with Crippen LogP contribution in [0.3, 0.4) is 0 Å². The van der Waals surface area contributed by atoms with E-state index in [0.29, 0.717) is 6.42 Å². The number of nitrogens with two attached hydrogens (primary N) is 1. The summed E-state index contributed by atoms with van der Waals surface area (Å²) in [5, 5.41) is 12.0. The molecule has 3 N–H and O–H groups in total. The highest BCUT2D eigenvalue weighted by Crippen LogP contribution is 2.31. The van der Waals surface area contributed by atoms with Gasteiger partial charge in [0, 0.05) is 59.0 Å². The van der Waals surface area contributed by atoms with E-state index in [4.69, 9.17) is 20.9 Å². The van der Waals surface area contributed by atoms with Crippen molar-refractivity contribution in [1.29, 1.82) is 0 Å². The molecule has 0 unspecified atom stereocenters. The molecule has 0 atom stereocenters. The molecule has 2 aromatic carbocycles. The predicted octanol–water partition coefficient (Wildman–Crippen LogP) is 6.64. The zero-order valence-corrected chi connectivity index (χ0v) is 21.0. The first kappa shape index (κ1) is 24.6. The van der Waals surface area contributed by atoms with Gasteiger partial charge < -0.3 is 10.9 Å². The molecule has 0 aliphatic carbocycles. The zero-order valence-electron chi connectivity index (χ0n) is 21.0. The molecule has 6 nitrogen and oxygen atoms in total. The maximum Gasteiger partial charge on any atom is 0.143 e. The first-order valence-corrected chi connectivity index (χ1v) is 12.3. The molecule has 0 saturated heterocycles. The number of oxime groups is 1. The van der Waals surface area contributed by atoms with Crippen molar-refractivity contribution in [2.45, 2.75) is 13.3 Å². The van der Waals surface area contributed by atoms with E-state index in [1.807, 2.05) is 80.1 Å². The summed E-state index contributed by atoms with van der Waals surface area (Å²) in [7, 11) is 0. The quantitative estimate of drug-likeness (QED) is 0.114. The van der Waals surface area contributed by atoms with Crippen molar-refractivity contribution in [3.05, 3.63) is 126 Å². The van der Waals surface area contributed by atoms with Gasteiger partial charge in [0.2, 0.25) is 0 Å². The minimum Gasteiger partial charge on any atom is -0.409 e. The van der Waals surface area contributed by atoms with E-state index in [1.54, 1.807) is 6.20 Å². The Morgan fingerprint density at radius 3 is 2.34 bits per heavy atom. The highest BCUT2D eigenvalue weighted by molar-refractivity contribution is 5.83. The molecule has 5 aromatic rings. The highest BCUT2D eigenvalue weighted by Gasteiger charge is 2.12. The van der Waals surface area contributed by atoms with Crippen LogP contribution in [0, 0.1) is 6.92 Å². The van der Waals surface area contributed by atoms with Gasteiger partial charge in [-0.2, -0.15) is 0 Å². The Balaban J connectivity index is 1.53. The molecule has 0 fully saturated rings. The van der Waals surface area contributed by atoms with Crippen LogP contribution in [0.2, 0.25) is 0 Å². The number of nitrogens with zero attached hydrogens (tertiary/aromatic N) is 4. The van der Waals surface area contributed by atoms with Crippen LogP contribution in [0.15, 0.2) is 109 Å². The van der Waals surface area contributed by atoms with Crippen LogP contribution in [-0.2, 0) is 6.42 Å². The molecule has 0 spiro atoms. The van der Waals surface area contributed by atoms with Crippen LogP contribution in [0.5, 0.6) is 0 Å². The van der Waals surface area contributed by atoms with Crippen LogP contribution in [0.25, 0.3) is 45.8 Å². The number of hydrogen-bond donors (Lipinski definition) is 2. The van der Waals surface area contributed by atoms with Gasteiger partial charge in [-0.25, -0.2) is 0 Å². The van der Waals surface area contributed by atoms with E-state index in [0.717, 1.165) is 55.9 Å². The summed E-state index contributed by atoms with van der Waals surface area (Å²) < 4.78 is 0. The lowest BCUT2D eigenvalue weighted by Crippen LogP contribution is -2.14. The lowest BCUT2D eigenvalue weighted by molar-refractivity contribution is 0.317. The monoisotopic (exact) mass is 497 g/mol. The van der Waals surface area contributed by atoms with Gasteiger partial charge in [0.15, 0.2) is 0 Å². The molecule has 186 valence electrons. The van der Waals surface area contributed by atoms with E-state index >= 15 is 0 Å². The SMILES string of the molecule is Cc1cc(-c2ncc(-c3cccnc3)cc2C=Cc2ccccc2)cnc1-c1cccc(C/C(N)=N/O)c1. The Morgan fingerprint density at radius 1 is 0.789 bits per heavy atom. The lowest BCUT2D eigenvalue weighted by Gasteiger charge is -2.12. The molecule has 3 aromatic heterocycles. The van der Waals surface area contributed by atoms with Crippen molar-refractivity contribution in [3.8, 4) is 33.6 Å². The summed E-state index contributed by atoms with van der Waals surface area (Å²) in [4.78, 5) is 13.9. The number of aryl methyl sites for hydroxylation is 1. The number of hydrogen-bond acceptors (Lipinski definition) is 5. The lowest BCUT2D eigenvalue weighted by atomic mass is 9.98. The fourth-order valence-corrected chi connectivity index (χ4v) is 4.37. The summed E-state index contributed by atoms with van der Waals surface area (Å²) in [5.74, 6) is 0.166. The Labute approximate surface area is 221 Å². The normalized spacial score (nSPS) is 11.7. The number of aromatic nitrogens is 3. The van der Waals surface area contributed by atoms with Crippen molar-refractivity contribution in [3.63, 3.8) is 0 Å². The number of amidine groups is 1. The molecule has 0 aliphatic heterocycles. The highest BCUT2D eigenvalue weighted by atomic mass is 16.4. The van der Waals surface area contributed by atoms with Crippen molar-refractivity contribution in [2.24, 2.45) is 10.9 Å². The summed E-state index contributed by atoms with van der Waals surface area (Å²) in [6, 6.07) is 26.3. The van der Waals surface area contributed by atoms with Crippen LogP contribution >= 0.6 is 0 Å². The Hall–Kier alpha value is -5.10. The topological polar surface area (TPSA) is 97.3 Å². The summed E-state index contributed by atoms with van der Waals surface area (Å²) in [5.41, 5.74) is 15.4. The smallest absolute Gasteiger partial charge is 0.143 e. The van der Waals surface area contributed by atoms with Gasteiger partial charge >= 0.3 is 0 Å². The molecular formula is C32H27N5O. The van der Waals surface area contributed by atoms with E-state index in [1.165, 1.54) is 0 Å². The molecule has 5 rings (SSSR count). The second-order valence-corrected chi connectivity index (χ2v) is 9.01. The molecule has 0 amide bonds. The molecule has 0 bridgehead atoms. The number of pyridine rings is 3. The summed E-state index contributed by atoms with van der Waals surface area (Å²) in [6.07, 6.45) is 11.9. The van der Waals surface area contributed by atoms with Crippen LogP contribution < -0.4 is 5.73 Å². The number of benzene rings is 2. The maximum absolute atomic E-state index is 8.91. The van der Waals surface area contributed by atoms with E-state index in [9.17, 15) is 0 Å². The zero-order chi connectivity index (χ0) is 26.3. The molecule has 3 heterocycles. The third kappa shape index (κ3) is 5.65. The van der Waals surface area contributed by atoms with Gasteiger partial charge in [0.05, 0.1) is 11.4 Å². The van der Waals surface area contributed by atoms with Gasteiger partial charge in [-0.15, -0.1) is 0 Å². The second kappa shape index (κ2) is 11.3. The van der Waals surface area contributed by atoms with Crippen LogP contribution in [0.4, 0.5) is 0 Å². The molecule has 0 aliphatic rings. The van der Waals surface area contributed by atoms with E-state index in [-0.39, 0.29) is 5.84 Å². The third-order valence-electron chi connectivity index (χ3n) is 6.23. The van der Waals surface area contributed by atoms with Gasteiger partial charge in [-0.05, 0) is 47.9 Å². The number of rotatable bonds is 7. The van der Waals surface area contributed by atoms with Crippen molar-refractivity contribution in [1.82, 2.24) is 15.0 Å². The predicted molar refractivity (Wildman–Crippen MR) is 153 cm³/mol. The van der Waals surface area contributed by atoms with Crippen molar-refractivity contribution < 1.29 is 5.21 Å². The fraction of sp³-hybridized carbons (Fsp3) is 0.0625. The molecule has 38 heavy (non-hydrogen) atoms. The maximum atomic E-state index is 8.91. The van der Waals surface area contributed by atoms with E-state index in [2.05, 4.69) is 46.6 Å². The van der Waals surface area contributed by atoms with Crippen molar-refractivity contribution in [2.75, 3.05) is 0 Å². The van der Waals surface area contributed by atoms with Gasteiger partial charge in [-0.3, -0.25) is 15.0 Å². The first-order valence-electron chi connectivity index (χ1n) is 12.3. The van der Waals surface area contributed by atoms with E-state index < -0.39 is 0 Å². The van der Waals surface area contributed by atoms with Gasteiger partial charge in [-0.1, -0.05) is 71.9 Å². The minimum atomic E-state index is 0.166. The molecule has 0 radical (unpaired) electrons. The average Bonchev–Trinajstić information content (AvgIpc) is 2.97. The average molecular weight is 498 g/mol. The van der Waals surface area contributed by atoms with Gasteiger partial charge in [0.25, 0.3) is 0 Å². The molecular weight excluding hydrogens is 470 g/mol. The third-order valence-corrected chi connectivity index (χ3v) is 6.23. The summed E-state index contributed by atoms with van der Waals surface area (Å²) >= 11 is 0. The summed E-state index contributed by atoms with van der Waals surface area (Å²) in [6.45, 7) is 2.05. The molecule has 0 saturated carbocycles. The molecule has 6 heteroatoms. The Kier molecular flexibility index (Phi) is 7.32. The second-order valence-electron chi connectivity index (χ2n) is 9.01. The minimum absolute atomic E-state index is 0.166. The Bertz CT molecular complexity index is 1610. The van der Waals surface area contributed by atoms with Gasteiger partial charge in [0.1, 0.15) is 5.84 Å². The first-order chi connectivity index (χ1) is 18.6. The Morgan fingerprint density at radius 2 is 1.58 bits per heavy atom. The van der Waals surface area contributed by atoms with Crippen LogP contribution in [0.1, 0.15) is 22.3 Å². The standard InChI is InChI=1S/C32H27N5O/c1-22-15-29(21-35-31(22)25-10-5-9-24(16-25)17-30(33)37-38)32-26(13-12-23-7-3-2-4-8-23)18-28(20-36-32)27-11-6-14-34-19-27/h2-16,18-21,38H,17H2,1H3,(H2,33,37). The van der Waals surface area contributed by atoms with Crippen molar-refractivity contribution >= 4 is 18.0 Å². The largest absolute Gasteiger partial charge is 0.409 e.